The lowest BCUT2D eigenvalue weighted by atomic mass is 10.0. The predicted molar refractivity (Wildman–Crippen MR) is 121 cm³/mol. The first kappa shape index (κ1) is 20.2. The van der Waals surface area contributed by atoms with E-state index in [0.29, 0.717) is 5.75 Å². The van der Waals surface area contributed by atoms with Crippen LogP contribution in [0, 0.1) is 0 Å². The number of ether oxygens (including phenoxy) is 1. The third kappa shape index (κ3) is 5.28. The Hall–Kier alpha value is -4.12. The van der Waals surface area contributed by atoms with Crippen LogP contribution in [0.15, 0.2) is 97.1 Å². The fourth-order valence-corrected chi connectivity index (χ4v) is 3.36. The number of hydrogen-bond acceptors (Lipinski definition) is 3. The average Bonchev–Trinajstić information content (AvgIpc) is 2.82. The summed E-state index contributed by atoms with van der Waals surface area (Å²) in [5, 5.41) is 2.09. The quantitative estimate of drug-likeness (QED) is 0.467. The van der Waals surface area contributed by atoms with Gasteiger partial charge in [0.25, 0.3) is 5.91 Å². The molecule has 0 aliphatic rings. The molecule has 0 radical (unpaired) electrons. The molecule has 4 aromatic carbocycles. The summed E-state index contributed by atoms with van der Waals surface area (Å²) in [7, 11) is 0. The summed E-state index contributed by atoms with van der Waals surface area (Å²) in [5.41, 5.74) is 7.92. The Balaban J connectivity index is 1.25. The SMILES string of the molecule is O=C(COc1ccc(-c2ccccc2)cc1)NNC(=O)Cc1cccc2ccccc12. The van der Waals surface area contributed by atoms with Gasteiger partial charge in [-0.1, -0.05) is 84.9 Å². The van der Waals surface area contributed by atoms with Crippen LogP contribution >= 0.6 is 0 Å². The van der Waals surface area contributed by atoms with Crippen molar-refractivity contribution in [2.24, 2.45) is 0 Å². The van der Waals surface area contributed by atoms with E-state index in [1.807, 2.05) is 97.1 Å². The molecule has 4 rings (SSSR count). The van der Waals surface area contributed by atoms with E-state index in [-0.39, 0.29) is 18.9 Å². The van der Waals surface area contributed by atoms with Gasteiger partial charge in [0.15, 0.2) is 6.61 Å². The summed E-state index contributed by atoms with van der Waals surface area (Å²) in [6.45, 7) is -0.195. The molecule has 31 heavy (non-hydrogen) atoms. The maximum atomic E-state index is 12.2. The minimum absolute atomic E-state index is 0.170. The van der Waals surface area contributed by atoms with Crippen molar-refractivity contribution in [2.75, 3.05) is 6.61 Å². The lowest BCUT2D eigenvalue weighted by molar-refractivity contribution is -0.129. The Morgan fingerprint density at radius 1 is 0.645 bits per heavy atom. The van der Waals surface area contributed by atoms with Crippen LogP contribution in [-0.4, -0.2) is 18.4 Å². The highest BCUT2D eigenvalue weighted by molar-refractivity contribution is 5.91. The molecule has 0 aliphatic carbocycles. The second kappa shape index (κ2) is 9.59. The lowest BCUT2D eigenvalue weighted by Gasteiger charge is -2.10. The number of hydrazine groups is 1. The summed E-state index contributed by atoms with van der Waals surface area (Å²) in [6, 6.07) is 31.2. The van der Waals surface area contributed by atoms with E-state index in [0.717, 1.165) is 27.5 Å². The zero-order valence-electron chi connectivity index (χ0n) is 16.9. The molecular weight excluding hydrogens is 388 g/mol. The topological polar surface area (TPSA) is 67.4 Å². The number of fused-ring (bicyclic) bond motifs is 1. The molecule has 0 aliphatic heterocycles. The summed E-state index contributed by atoms with van der Waals surface area (Å²) in [4.78, 5) is 24.3. The van der Waals surface area contributed by atoms with E-state index in [1.54, 1.807) is 0 Å². The van der Waals surface area contributed by atoms with E-state index in [9.17, 15) is 9.59 Å². The van der Waals surface area contributed by atoms with Crippen molar-refractivity contribution in [1.29, 1.82) is 0 Å². The number of carbonyl (C=O) groups excluding carboxylic acids is 2. The fourth-order valence-electron chi connectivity index (χ4n) is 3.36. The van der Waals surface area contributed by atoms with Gasteiger partial charge >= 0.3 is 0 Å². The van der Waals surface area contributed by atoms with Gasteiger partial charge in [-0.15, -0.1) is 0 Å². The molecule has 0 atom stereocenters. The first-order valence-electron chi connectivity index (χ1n) is 10.0. The molecule has 154 valence electrons. The number of benzene rings is 4. The monoisotopic (exact) mass is 410 g/mol. The molecular formula is C26H22N2O3. The van der Waals surface area contributed by atoms with Gasteiger partial charge in [-0.3, -0.25) is 20.4 Å². The standard InChI is InChI=1S/C26H22N2O3/c29-25(17-22-11-6-10-21-9-4-5-12-24(21)22)27-28-26(30)18-31-23-15-13-20(14-16-23)19-7-2-1-3-8-19/h1-16H,17-18H2,(H,27,29)(H,28,30). The zero-order valence-corrected chi connectivity index (χ0v) is 16.9. The number of nitrogens with one attached hydrogen (secondary N) is 2. The van der Waals surface area contributed by atoms with E-state index in [4.69, 9.17) is 4.74 Å². The zero-order chi connectivity index (χ0) is 21.5. The number of rotatable bonds is 6. The van der Waals surface area contributed by atoms with E-state index < -0.39 is 5.91 Å². The van der Waals surface area contributed by atoms with Gasteiger partial charge in [0.2, 0.25) is 5.91 Å². The molecule has 0 unspecified atom stereocenters. The van der Waals surface area contributed by atoms with Crippen LogP contribution in [0.25, 0.3) is 21.9 Å². The normalized spacial score (nSPS) is 10.5. The van der Waals surface area contributed by atoms with Crippen LogP contribution < -0.4 is 15.6 Å². The summed E-state index contributed by atoms with van der Waals surface area (Å²) in [6.07, 6.45) is 0.170. The largest absolute Gasteiger partial charge is 0.484 e. The Kier molecular flexibility index (Phi) is 6.24. The maximum absolute atomic E-state index is 12.2. The van der Waals surface area contributed by atoms with Crippen molar-refractivity contribution >= 4 is 22.6 Å². The van der Waals surface area contributed by atoms with Gasteiger partial charge in [0.05, 0.1) is 6.42 Å². The molecule has 0 bridgehead atoms. The molecule has 2 amide bonds. The Morgan fingerprint density at radius 2 is 1.29 bits per heavy atom. The summed E-state index contributed by atoms with van der Waals surface area (Å²) in [5.74, 6) is -0.146. The van der Waals surface area contributed by atoms with E-state index in [2.05, 4.69) is 10.9 Å². The predicted octanol–water partition coefficient (Wildman–Crippen LogP) is 4.28. The second-order valence-electron chi connectivity index (χ2n) is 7.09. The van der Waals surface area contributed by atoms with Gasteiger partial charge in [-0.05, 0) is 39.6 Å². The third-order valence-electron chi connectivity index (χ3n) is 4.90. The fraction of sp³-hybridized carbons (Fsp3) is 0.0769. The molecule has 0 heterocycles. The van der Waals surface area contributed by atoms with Gasteiger partial charge in [-0.25, -0.2) is 0 Å². The highest BCUT2D eigenvalue weighted by atomic mass is 16.5. The molecule has 4 aromatic rings. The Bertz CT molecular complexity index is 1180. The maximum Gasteiger partial charge on any atom is 0.276 e. The second-order valence-corrected chi connectivity index (χ2v) is 7.09. The minimum Gasteiger partial charge on any atom is -0.484 e. The molecule has 2 N–H and O–H groups in total. The molecule has 5 nitrogen and oxygen atoms in total. The highest BCUT2D eigenvalue weighted by Gasteiger charge is 2.09. The van der Waals surface area contributed by atoms with Crippen LogP contribution in [0.3, 0.4) is 0 Å². The van der Waals surface area contributed by atoms with Crippen molar-refractivity contribution in [1.82, 2.24) is 10.9 Å². The first-order chi connectivity index (χ1) is 15.2. The van der Waals surface area contributed by atoms with E-state index >= 15 is 0 Å². The molecule has 0 spiro atoms. The Labute approximate surface area is 180 Å². The average molecular weight is 410 g/mol. The summed E-state index contributed by atoms with van der Waals surface area (Å²) >= 11 is 0. The molecule has 0 saturated carbocycles. The van der Waals surface area contributed by atoms with Gasteiger partial charge in [-0.2, -0.15) is 0 Å². The van der Waals surface area contributed by atoms with Gasteiger partial charge in [0.1, 0.15) is 5.75 Å². The van der Waals surface area contributed by atoms with Crippen molar-refractivity contribution in [2.45, 2.75) is 6.42 Å². The highest BCUT2D eigenvalue weighted by Crippen LogP contribution is 2.22. The van der Waals surface area contributed by atoms with Crippen molar-refractivity contribution in [3.8, 4) is 16.9 Å². The van der Waals surface area contributed by atoms with Crippen molar-refractivity contribution in [3.05, 3.63) is 103 Å². The third-order valence-corrected chi connectivity index (χ3v) is 4.90. The van der Waals surface area contributed by atoms with Crippen LogP contribution in [0.2, 0.25) is 0 Å². The molecule has 0 saturated heterocycles. The molecule has 0 fully saturated rings. The number of carbonyl (C=O) groups is 2. The van der Waals surface area contributed by atoms with Crippen LogP contribution in [0.4, 0.5) is 0 Å². The minimum atomic E-state index is -0.432. The molecule has 5 heteroatoms. The lowest BCUT2D eigenvalue weighted by Crippen LogP contribution is -2.44. The number of hydrogen-bond donors (Lipinski definition) is 2. The Morgan fingerprint density at radius 3 is 2.10 bits per heavy atom. The number of amides is 2. The van der Waals surface area contributed by atoms with Gasteiger partial charge in [0, 0.05) is 0 Å². The van der Waals surface area contributed by atoms with Crippen molar-refractivity contribution < 1.29 is 14.3 Å². The van der Waals surface area contributed by atoms with Crippen LogP contribution in [0.1, 0.15) is 5.56 Å². The first-order valence-corrected chi connectivity index (χ1v) is 10.0. The summed E-state index contributed by atoms with van der Waals surface area (Å²) < 4.78 is 5.50. The van der Waals surface area contributed by atoms with E-state index in [1.165, 1.54) is 0 Å². The smallest absolute Gasteiger partial charge is 0.276 e. The van der Waals surface area contributed by atoms with Crippen LogP contribution in [-0.2, 0) is 16.0 Å². The van der Waals surface area contributed by atoms with Gasteiger partial charge < -0.3 is 4.74 Å². The molecule has 0 aromatic heterocycles. The van der Waals surface area contributed by atoms with Crippen LogP contribution in [0.5, 0.6) is 5.75 Å². The van der Waals surface area contributed by atoms with Crippen molar-refractivity contribution in [3.63, 3.8) is 0 Å².